The number of anilines is 2. The van der Waals surface area contributed by atoms with Crippen LogP contribution in [0.25, 0.3) is 11.1 Å². The minimum Gasteiger partial charge on any atom is -0.306 e. The number of primary sulfonamides is 1. The summed E-state index contributed by atoms with van der Waals surface area (Å²) in [6.45, 7) is 0. The molecule has 0 radical (unpaired) electrons. The number of halogens is 1. The van der Waals surface area contributed by atoms with Crippen LogP contribution in [0.2, 0.25) is 0 Å². The summed E-state index contributed by atoms with van der Waals surface area (Å²) in [5.74, 6) is -0.561. The van der Waals surface area contributed by atoms with Crippen molar-refractivity contribution in [3.8, 4) is 11.1 Å². The highest BCUT2D eigenvalue weighted by molar-refractivity contribution is 9.10. The minimum absolute atomic E-state index is 0.0124. The number of nitrogens with zero attached hydrogens (tertiary/aromatic N) is 2. The molecule has 2 aromatic heterocycles. The van der Waals surface area contributed by atoms with Crippen molar-refractivity contribution in [3.63, 3.8) is 0 Å². The van der Waals surface area contributed by atoms with E-state index in [9.17, 15) is 18.0 Å². The summed E-state index contributed by atoms with van der Waals surface area (Å²) < 4.78 is 24.5. The number of carbonyl (C=O) groups excluding carboxylic acids is 2. The average molecular weight is 552 g/mol. The molecular weight excluding hydrogens is 534 g/mol. The Labute approximate surface area is 209 Å². The topological polar surface area (TPSA) is 144 Å². The smallest absolute Gasteiger partial charge is 0.260 e. The van der Waals surface area contributed by atoms with Crippen LogP contribution < -0.4 is 15.8 Å². The van der Waals surface area contributed by atoms with Gasteiger partial charge in [-0.15, -0.1) is 0 Å². The van der Waals surface area contributed by atoms with Crippen molar-refractivity contribution in [3.05, 3.63) is 101 Å². The molecule has 4 aromatic rings. The number of rotatable bonds is 6. The van der Waals surface area contributed by atoms with Gasteiger partial charge in [-0.25, -0.2) is 23.5 Å². The molecule has 0 bridgehead atoms. The number of hydrogen-bond acceptors (Lipinski definition) is 6. The van der Waals surface area contributed by atoms with Gasteiger partial charge in [0.05, 0.1) is 10.5 Å². The molecule has 2 amide bonds. The van der Waals surface area contributed by atoms with E-state index in [0.717, 1.165) is 4.47 Å². The molecule has 0 fully saturated rings. The van der Waals surface area contributed by atoms with Gasteiger partial charge in [0.2, 0.25) is 10.0 Å². The predicted octanol–water partition coefficient (Wildman–Crippen LogP) is 4.06. The van der Waals surface area contributed by atoms with Crippen molar-refractivity contribution in [2.24, 2.45) is 5.14 Å². The van der Waals surface area contributed by atoms with Crippen LogP contribution in [0.15, 0.2) is 94.6 Å². The number of aromatic nitrogens is 2. The van der Waals surface area contributed by atoms with Crippen LogP contribution >= 0.6 is 15.9 Å². The first kappa shape index (κ1) is 24.2. The van der Waals surface area contributed by atoms with Gasteiger partial charge in [-0.1, -0.05) is 30.3 Å². The van der Waals surface area contributed by atoms with Crippen molar-refractivity contribution in [2.75, 3.05) is 10.6 Å². The van der Waals surface area contributed by atoms with E-state index >= 15 is 0 Å². The fourth-order valence-corrected chi connectivity index (χ4v) is 4.25. The van der Waals surface area contributed by atoms with E-state index in [4.69, 9.17) is 5.14 Å². The normalized spacial score (nSPS) is 11.0. The van der Waals surface area contributed by atoms with Crippen molar-refractivity contribution < 1.29 is 18.0 Å². The summed E-state index contributed by atoms with van der Waals surface area (Å²) in [6, 6.07) is 19.1. The molecule has 0 saturated heterocycles. The summed E-state index contributed by atoms with van der Waals surface area (Å²) in [4.78, 5) is 33.8. The van der Waals surface area contributed by atoms with Crippen LogP contribution in [0.4, 0.5) is 11.6 Å². The summed E-state index contributed by atoms with van der Waals surface area (Å²) in [5.41, 5.74) is 1.44. The Morgan fingerprint density at radius 2 is 1.57 bits per heavy atom. The number of carbonyl (C=O) groups is 2. The molecule has 35 heavy (non-hydrogen) atoms. The summed E-state index contributed by atoms with van der Waals surface area (Å²) in [6.07, 6.45) is 3.00. The van der Waals surface area contributed by atoms with Gasteiger partial charge in [-0.3, -0.25) is 9.59 Å². The van der Waals surface area contributed by atoms with Crippen LogP contribution in [0.5, 0.6) is 0 Å². The quantitative estimate of drug-likeness (QED) is 0.329. The summed E-state index contributed by atoms with van der Waals surface area (Å²) >= 11 is 3.28. The number of pyridine rings is 2. The molecule has 2 heterocycles. The lowest BCUT2D eigenvalue weighted by molar-refractivity contribution is 0.102. The molecule has 0 aliphatic carbocycles. The molecule has 11 heteroatoms. The van der Waals surface area contributed by atoms with Gasteiger partial charge in [0.25, 0.3) is 11.8 Å². The van der Waals surface area contributed by atoms with Crippen molar-refractivity contribution in [1.82, 2.24) is 9.97 Å². The standard InChI is InChI=1S/C24H18BrN5O4S/c25-17-11-12-21(28-14-17)29-24(32)19-5-3-13-27-22(19)30-23(31)16-9-7-15(8-10-16)18-4-1-2-6-20(18)35(26,33)34/h1-14H,(H2,26,33,34)(H,27,30,31)(H,28,29,32). The minimum atomic E-state index is -3.92. The van der Waals surface area contributed by atoms with Gasteiger partial charge >= 0.3 is 0 Å². The SMILES string of the molecule is NS(=O)(=O)c1ccccc1-c1ccc(C(=O)Nc2ncccc2C(=O)Nc2ccc(Br)cn2)cc1. The Hall–Kier alpha value is -3.93. The summed E-state index contributed by atoms with van der Waals surface area (Å²) in [5, 5.41) is 10.6. The zero-order valence-corrected chi connectivity index (χ0v) is 20.4. The molecule has 0 saturated carbocycles. The van der Waals surface area contributed by atoms with Crippen molar-refractivity contribution in [1.29, 1.82) is 0 Å². The number of sulfonamides is 1. The second-order valence-electron chi connectivity index (χ2n) is 7.29. The first-order valence-corrected chi connectivity index (χ1v) is 12.5. The van der Waals surface area contributed by atoms with Crippen LogP contribution in [0, 0.1) is 0 Å². The molecule has 9 nitrogen and oxygen atoms in total. The molecule has 4 rings (SSSR count). The fourth-order valence-electron chi connectivity index (χ4n) is 3.26. The molecule has 0 unspecified atom stereocenters. The lowest BCUT2D eigenvalue weighted by atomic mass is 10.0. The van der Waals surface area contributed by atoms with Gasteiger partial charge in [-0.2, -0.15) is 0 Å². The number of hydrogen-bond donors (Lipinski definition) is 3. The molecule has 2 aromatic carbocycles. The molecule has 0 aliphatic rings. The van der Waals surface area contributed by atoms with E-state index in [1.807, 2.05) is 0 Å². The highest BCUT2D eigenvalue weighted by atomic mass is 79.9. The van der Waals surface area contributed by atoms with Crippen LogP contribution in [-0.2, 0) is 10.0 Å². The Balaban J connectivity index is 1.53. The molecule has 176 valence electrons. The van der Waals surface area contributed by atoms with Gasteiger partial charge < -0.3 is 10.6 Å². The van der Waals surface area contributed by atoms with E-state index in [-0.39, 0.29) is 21.8 Å². The van der Waals surface area contributed by atoms with Gasteiger partial charge in [-0.05, 0) is 64.0 Å². The lowest BCUT2D eigenvalue weighted by Crippen LogP contribution is -2.19. The zero-order valence-electron chi connectivity index (χ0n) is 18.0. The first-order chi connectivity index (χ1) is 16.7. The van der Waals surface area contributed by atoms with Crippen LogP contribution in [0.3, 0.4) is 0 Å². The van der Waals surface area contributed by atoms with Gasteiger partial charge in [0, 0.05) is 28.0 Å². The van der Waals surface area contributed by atoms with Crippen molar-refractivity contribution in [2.45, 2.75) is 4.90 Å². The number of nitrogens with one attached hydrogen (secondary N) is 2. The van der Waals surface area contributed by atoms with E-state index < -0.39 is 21.8 Å². The molecule has 0 aliphatic heterocycles. The van der Waals surface area contributed by atoms with Crippen molar-refractivity contribution >= 4 is 49.4 Å². The van der Waals surface area contributed by atoms with Gasteiger partial charge in [0.1, 0.15) is 11.6 Å². The maximum Gasteiger partial charge on any atom is 0.260 e. The third-order valence-electron chi connectivity index (χ3n) is 4.90. The van der Waals surface area contributed by atoms with Crippen LogP contribution in [0.1, 0.15) is 20.7 Å². The third-order valence-corrected chi connectivity index (χ3v) is 6.34. The van der Waals surface area contributed by atoms with E-state index in [2.05, 4.69) is 36.5 Å². The fraction of sp³-hybridized carbons (Fsp3) is 0. The van der Waals surface area contributed by atoms with E-state index in [1.165, 1.54) is 18.3 Å². The van der Waals surface area contributed by atoms with E-state index in [1.54, 1.807) is 66.9 Å². The Kier molecular flexibility index (Phi) is 7.01. The average Bonchev–Trinajstić information content (AvgIpc) is 2.85. The Morgan fingerprint density at radius 3 is 2.26 bits per heavy atom. The molecule has 0 spiro atoms. The predicted molar refractivity (Wildman–Crippen MR) is 135 cm³/mol. The number of amides is 2. The maximum atomic E-state index is 12.8. The second kappa shape index (κ2) is 10.1. The van der Waals surface area contributed by atoms with Crippen LogP contribution in [-0.4, -0.2) is 30.2 Å². The molecule has 4 N–H and O–H groups in total. The van der Waals surface area contributed by atoms with E-state index in [0.29, 0.717) is 16.9 Å². The Bertz CT molecular complexity index is 1510. The largest absolute Gasteiger partial charge is 0.306 e. The Morgan fingerprint density at radius 1 is 0.829 bits per heavy atom. The first-order valence-electron chi connectivity index (χ1n) is 10.1. The summed E-state index contributed by atoms with van der Waals surface area (Å²) in [7, 11) is -3.92. The maximum absolute atomic E-state index is 12.8. The highest BCUT2D eigenvalue weighted by Gasteiger charge is 2.18. The molecular formula is C24H18BrN5O4S. The number of benzene rings is 2. The highest BCUT2D eigenvalue weighted by Crippen LogP contribution is 2.27. The third kappa shape index (κ3) is 5.77. The molecule has 0 atom stereocenters. The van der Waals surface area contributed by atoms with Gasteiger partial charge in [0.15, 0.2) is 0 Å². The monoisotopic (exact) mass is 551 g/mol. The number of nitrogens with two attached hydrogens (primary N) is 1. The second-order valence-corrected chi connectivity index (χ2v) is 9.73. The zero-order chi connectivity index (χ0) is 25.0. The lowest BCUT2D eigenvalue weighted by Gasteiger charge is -2.11.